The van der Waals surface area contributed by atoms with Gasteiger partial charge in [-0.25, -0.2) is 0 Å². The second kappa shape index (κ2) is 8.09. The maximum Gasteiger partial charge on any atom is 0.270 e. The standard InChI is InChI=1S/C20H18N4O5/c25-19(13-28-17-7-2-1-3-8-17)23(15-9-10-15)12-18-21-22-20(29-18)14-5-4-6-16(11-14)24(26)27/h1-8,11,15H,9-10,12-13H2. The van der Waals surface area contributed by atoms with E-state index in [4.69, 9.17) is 9.15 Å². The summed E-state index contributed by atoms with van der Waals surface area (Å²) in [5, 5.41) is 18.9. The molecule has 1 fully saturated rings. The number of benzene rings is 2. The first-order chi connectivity index (χ1) is 14.1. The van der Waals surface area contributed by atoms with Crippen molar-refractivity contribution in [1.82, 2.24) is 15.1 Å². The molecule has 1 amide bonds. The van der Waals surface area contributed by atoms with Gasteiger partial charge in [0.2, 0.25) is 11.8 Å². The fourth-order valence-electron chi connectivity index (χ4n) is 2.88. The number of carbonyl (C=O) groups excluding carboxylic acids is 1. The predicted octanol–water partition coefficient (Wildman–Crippen LogP) is 3.21. The lowest BCUT2D eigenvalue weighted by Gasteiger charge is -2.20. The maximum atomic E-state index is 12.6. The van der Waals surface area contributed by atoms with Crippen molar-refractivity contribution in [1.29, 1.82) is 0 Å². The highest BCUT2D eigenvalue weighted by molar-refractivity contribution is 5.78. The molecule has 0 spiro atoms. The SMILES string of the molecule is O=C(COc1ccccc1)N(Cc1nnc(-c2cccc([N+](=O)[O-])c2)o1)C1CC1. The second-order valence-electron chi connectivity index (χ2n) is 6.66. The molecule has 1 heterocycles. The molecule has 0 unspecified atom stereocenters. The number of amides is 1. The number of carbonyl (C=O) groups is 1. The summed E-state index contributed by atoms with van der Waals surface area (Å²) in [6, 6.07) is 15.2. The van der Waals surface area contributed by atoms with E-state index in [-0.39, 0.29) is 42.6 Å². The molecule has 0 N–H and O–H groups in total. The molecule has 0 radical (unpaired) electrons. The Morgan fingerprint density at radius 2 is 1.97 bits per heavy atom. The third-order valence-electron chi connectivity index (χ3n) is 4.49. The number of hydrogen-bond donors (Lipinski definition) is 0. The molecule has 9 nitrogen and oxygen atoms in total. The molecule has 9 heteroatoms. The van der Waals surface area contributed by atoms with Gasteiger partial charge in [0.1, 0.15) is 5.75 Å². The normalized spacial score (nSPS) is 13.1. The van der Waals surface area contributed by atoms with Gasteiger partial charge in [-0.05, 0) is 31.0 Å². The molecule has 0 saturated heterocycles. The Bertz CT molecular complexity index is 1020. The van der Waals surface area contributed by atoms with Crippen LogP contribution in [-0.2, 0) is 11.3 Å². The molecule has 0 atom stereocenters. The van der Waals surface area contributed by atoms with Gasteiger partial charge in [-0.3, -0.25) is 14.9 Å². The van der Waals surface area contributed by atoms with Crippen molar-refractivity contribution >= 4 is 11.6 Å². The first kappa shape index (κ1) is 18.6. The average Bonchev–Trinajstić information content (AvgIpc) is 3.48. The molecule has 4 rings (SSSR count). The van der Waals surface area contributed by atoms with E-state index in [1.165, 1.54) is 12.1 Å². The Morgan fingerprint density at radius 1 is 1.17 bits per heavy atom. The van der Waals surface area contributed by atoms with Gasteiger partial charge in [0, 0.05) is 23.7 Å². The number of nitrogens with zero attached hydrogens (tertiary/aromatic N) is 4. The Hall–Kier alpha value is -3.75. The van der Waals surface area contributed by atoms with Gasteiger partial charge >= 0.3 is 0 Å². The summed E-state index contributed by atoms with van der Waals surface area (Å²) in [6.07, 6.45) is 1.84. The van der Waals surface area contributed by atoms with Crippen molar-refractivity contribution in [2.45, 2.75) is 25.4 Å². The monoisotopic (exact) mass is 394 g/mol. The quantitative estimate of drug-likeness (QED) is 0.426. The van der Waals surface area contributed by atoms with E-state index >= 15 is 0 Å². The van der Waals surface area contributed by atoms with Crippen molar-refractivity contribution in [2.75, 3.05) is 6.61 Å². The molecule has 1 aliphatic rings. The summed E-state index contributed by atoms with van der Waals surface area (Å²) in [4.78, 5) is 24.8. The molecule has 1 saturated carbocycles. The number of aromatic nitrogens is 2. The lowest BCUT2D eigenvalue weighted by Crippen LogP contribution is -2.36. The average molecular weight is 394 g/mol. The molecule has 0 bridgehead atoms. The third kappa shape index (κ3) is 4.57. The van der Waals surface area contributed by atoms with Crippen molar-refractivity contribution in [2.24, 2.45) is 0 Å². The summed E-state index contributed by atoms with van der Waals surface area (Å²) in [7, 11) is 0. The zero-order valence-corrected chi connectivity index (χ0v) is 15.4. The van der Waals surface area contributed by atoms with Crippen LogP contribution < -0.4 is 4.74 Å². The lowest BCUT2D eigenvalue weighted by atomic mass is 10.2. The Balaban J connectivity index is 1.43. The van der Waals surface area contributed by atoms with Crippen molar-refractivity contribution in [3.05, 3.63) is 70.6 Å². The fourth-order valence-corrected chi connectivity index (χ4v) is 2.88. The third-order valence-corrected chi connectivity index (χ3v) is 4.49. The highest BCUT2D eigenvalue weighted by Crippen LogP contribution is 2.29. The first-order valence-electron chi connectivity index (χ1n) is 9.14. The number of rotatable bonds is 8. The highest BCUT2D eigenvalue weighted by Gasteiger charge is 2.34. The van der Waals surface area contributed by atoms with Gasteiger partial charge in [0.05, 0.1) is 11.5 Å². The van der Waals surface area contributed by atoms with Gasteiger partial charge in [-0.2, -0.15) is 0 Å². The van der Waals surface area contributed by atoms with Crippen molar-refractivity contribution in [3.63, 3.8) is 0 Å². The van der Waals surface area contributed by atoms with Crippen molar-refractivity contribution < 1.29 is 18.9 Å². The maximum absolute atomic E-state index is 12.6. The molecule has 29 heavy (non-hydrogen) atoms. The van der Waals surface area contributed by atoms with Crippen LogP contribution >= 0.6 is 0 Å². The molecule has 1 aromatic heterocycles. The Morgan fingerprint density at radius 3 is 2.69 bits per heavy atom. The van der Waals surface area contributed by atoms with E-state index in [0.717, 1.165) is 12.8 Å². The zero-order valence-electron chi connectivity index (χ0n) is 15.4. The minimum atomic E-state index is -0.485. The number of ether oxygens (including phenoxy) is 1. The number of hydrogen-bond acceptors (Lipinski definition) is 7. The molecule has 3 aromatic rings. The number of nitro benzene ring substituents is 1. The van der Waals surface area contributed by atoms with E-state index in [1.807, 2.05) is 18.2 Å². The lowest BCUT2D eigenvalue weighted by molar-refractivity contribution is -0.384. The molecular weight excluding hydrogens is 376 g/mol. The number of non-ortho nitro benzene ring substituents is 1. The molecule has 2 aromatic carbocycles. The molecular formula is C20H18N4O5. The predicted molar refractivity (Wildman–Crippen MR) is 102 cm³/mol. The van der Waals surface area contributed by atoms with Crippen LogP contribution in [0.4, 0.5) is 5.69 Å². The molecule has 148 valence electrons. The van der Waals surface area contributed by atoms with Crippen LogP contribution in [0.2, 0.25) is 0 Å². The van der Waals surface area contributed by atoms with Gasteiger partial charge in [-0.15, -0.1) is 10.2 Å². The van der Waals surface area contributed by atoms with Crippen LogP contribution in [0.1, 0.15) is 18.7 Å². The van der Waals surface area contributed by atoms with Crippen molar-refractivity contribution in [3.8, 4) is 17.2 Å². The van der Waals surface area contributed by atoms with E-state index in [0.29, 0.717) is 11.3 Å². The Labute approximate surface area is 166 Å². The highest BCUT2D eigenvalue weighted by atomic mass is 16.6. The summed E-state index contributed by atoms with van der Waals surface area (Å²) in [5.41, 5.74) is 0.393. The Kier molecular flexibility index (Phi) is 5.19. The smallest absolute Gasteiger partial charge is 0.270 e. The number of para-hydroxylation sites is 1. The van der Waals surface area contributed by atoms with Crippen LogP contribution in [0.5, 0.6) is 5.75 Å². The van der Waals surface area contributed by atoms with Crippen LogP contribution in [-0.4, -0.2) is 38.6 Å². The minimum absolute atomic E-state index is 0.0601. The van der Waals surface area contributed by atoms with Crippen LogP contribution in [0, 0.1) is 10.1 Å². The van der Waals surface area contributed by atoms with Gasteiger partial charge in [0.15, 0.2) is 6.61 Å². The van der Waals surface area contributed by atoms with Gasteiger partial charge in [0.25, 0.3) is 11.6 Å². The summed E-state index contributed by atoms with van der Waals surface area (Å²) in [5.74, 6) is 0.910. The van der Waals surface area contributed by atoms with Gasteiger partial charge < -0.3 is 14.1 Å². The van der Waals surface area contributed by atoms with Crippen LogP contribution in [0.3, 0.4) is 0 Å². The second-order valence-corrected chi connectivity index (χ2v) is 6.66. The van der Waals surface area contributed by atoms with E-state index < -0.39 is 4.92 Å². The summed E-state index contributed by atoms with van der Waals surface area (Å²) >= 11 is 0. The van der Waals surface area contributed by atoms with Crippen LogP contribution in [0.25, 0.3) is 11.5 Å². The molecule has 0 aliphatic heterocycles. The van der Waals surface area contributed by atoms with Crippen LogP contribution in [0.15, 0.2) is 59.0 Å². The summed E-state index contributed by atoms with van der Waals surface area (Å²) < 4.78 is 11.2. The first-order valence-corrected chi connectivity index (χ1v) is 9.14. The zero-order chi connectivity index (χ0) is 20.2. The minimum Gasteiger partial charge on any atom is -0.484 e. The van der Waals surface area contributed by atoms with Gasteiger partial charge in [-0.1, -0.05) is 24.3 Å². The van der Waals surface area contributed by atoms with E-state index in [2.05, 4.69) is 10.2 Å². The molecule has 1 aliphatic carbocycles. The summed E-state index contributed by atoms with van der Waals surface area (Å²) in [6.45, 7) is 0.0932. The van der Waals surface area contributed by atoms with E-state index in [9.17, 15) is 14.9 Å². The fraction of sp³-hybridized carbons (Fsp3) is 0.250. The van der Waals surface area contributed by atoms with E-state index in [1.54, 1.807) is 29.2 Å². The topological polar surface area (TPSA) is 112 Å². The number of nitro groups is 1. The largest absolute Gasteiger partial charge is 0.484 e.